The normalized spacial score (nSPS) is 11.2. The number of amides is 1. The molecule has 0 aliphatic carbocycles. The Labute approximate surface area is 119 Å². The largest absolute Gasteiger partial charge is 0.475 e. The van der Waals surface area contributed by atoms with Gasteiger partial charge in [0, 0.05) is 13.2 Å². The van der Waals surface area contributed by atoms with Crippen LogP contribution in [0.2, 0.25) is 0 Å². The molecule has 1 aromatic rings. The number of hydrogen-bond donors (Lipinski definition) is 2. The van der Waals surface area contributed by atoms with Crippen LogP contribution in [0.5, 0.6) is 5.88 Å². The smallest absolute Gasteiger partial charge is 0.244 e. The first kappa shape index (κ1) is 16.4. The van der Waals surface area contributed by atoms with Gasteiger partial charge in [-0.05, 0) is 26.5 Å². The van der Waals surface area contributed by atoms with Crippen LogP contribution < -0.4 is 15.4 Å². The summed E-state index contributed by atoms with van der Waals surface area (Å²) in [6.07, 6.45) is 1.57. The fraction of sp³-hybridized carbons (Fsp3) is 0.571. The van der Waals surface area contributed by atoms with E-state index in [1.807, 2.05) is 20.8 Å². The van der Waals surface area contributed by atoms with Crippen LogP contribution in [0.25, 0.3) is 0 Å². The summed E-state index contributed by atoms with van der Waals surface area (Å²) in [4.78, 5) is 16.2. The molecule has 0 saturated carbocycles. The number of carbonyl (C=O) groups is 1. The lowest BCUT2D eigenvalue weighted by molar-refractivity contribution is -0.121. The minimum atomic E-state index is -0.623. The third-order valence-corrected chi connectivity index (χ3v) is 2.72. The first-order valence-corrected chi connectivity index (χ1v) is 6.64. The molecule has 1 amide bonds. The minimum absolute atomic E-state index is 0.103. The molecule has 0 saturated heterocycles. The van der Waals surface area contributed by atoms with Crippen molar-refractivity contribution in [3.05, 3.63) is 18.3 Å². The molecule has 0 spiro atoms. The number of carbonyl (C=O) groups excluding carboxylic acids is 1. The summed E-state index contributed by atoms with van der Waals surface area (Å²) in [6.45, 7) is 7.32. The van der Waals surface area contributed by atoms with Gasteiger partial charge in [-0.3, -0.25) is 4.79 Å². The number of rotatable bonds is 8. The van der Waals surface area contributed by atoms with E-state index in [1.165, 1.54) is 0 Å². The van der Waals surface area contributed by atoms with Crippen molar-refractivity contribution in [2.45, 2.75) is 26.3 Å². The maximum absolute atomic E-state index is 12.1. The molecule has 6 heteroatoms. The summed E-state index contributed by atoms with van der Waals surface area (Å²) >= 11 is 0. The fourth-order valence-electron chi connectivity index (χ4n) is 1.58. The molecular weight excluding hydrogens is 258 g/mol. The predicted molar refractivity (Wildman–Crippen MR) is 78.0 cm³/mol. The Morgan fingerprint density at radius 3 is 2.65 bits per heavy atom. The highest BCUT2D eigenvalue weighted by Crippen LogP contribution is 2.13. The summed E-state index contributed by atoms with van der Waals surface area (Å²) in [5.41, 5.74) is 0.0163. The van der Waals surface area contributed by atoms with Gasteiger partial charge in [0.05, 0.1) is 24.0 Å². The second-order valence-electron chi connectivity index (χ2n) is 4.84. The van der Waals surface area contributed by atoms with E-state index in [9.17, 15) is 4.79 Å². The molecule has 6 nitrogen and oxygen atoms in total. The van der Waals surface area contributed by atoms with Crippen LogP contribution in [0, 0.1) is 0 Å². The molecule has 0 aliphatic rings. The van der Waals surface area contributed by atoms with E-state index in [4.69, 9.17) is 9.47 Å². The number of nitrogens with one attached hydrogen (secondary N) is 2. The second-order valence-corrected chi connectivity index (χ2v) is 4.84. The van der Waals surface area contributed by atoms with Gasteiger partial charge < -0.3 is 20.1 Å². The maximum Gasteiger partial charge on any atom is 0.244 e. The SMILES string of the molecule is CCNC(C)(C)C(=O)Nc1ccc(OCCOC)nc1. The average Bonchev–Trinajstić information content (AvgIpc) is 2.41. The molecule has 0 fully saturated rings. The number of pyridine rings is 1. The highest BCUT2D eigenvalue weighted by atomic mass is 16.5. The van der Waals surface area contributed by atoms with E-state index >= 15 is 0 Å². The van der Waals surface area contributed by atoms with Gasteiger partial charge in [0.15, 0.2) is 0 Å². The molecule has 0 unspecified atom stereocenters. The zero-order valence-corrected chi connectivity index (χ0v) is 12.5. The summed E-state index contributed by atoms with van der Waals surface area (Å²) in [6, 6.07) is 3.47. The lowest BCUT2D eigenvalue weighted by Crippen LogP contribution is -2.49. The van der Waals surface area contributed by atoms with E-state index < -0.39 is 5.54 Å². The Morgan fingerprint density at radius 2 is 2.10 bits per heavy atom. The van der Waals surface area contributed by atoms with Gasteiger partial charge >= 0.3 is 0 Å². The highest BCUT2D eigenvalue weighted by molar-refractivity contribution is 5.97. The standard InChI is InChI=1S/C14H23N3O3/c1-5-16-14(2,3)13(18)17-11-6-7-12(15-10-11)20-9-8-19-4/h6-7,10,16H,5,8-9H2,1-4H3,(H,17,18). The Kier molecular flexibility index (Phi) is 6.41. The average molecular weight is 281 g/mol. The fourth-order valence-corrected chi connectivity index (χ4v) is 1.58. The number of anilines is 1. The highest BCUT2D eigenvalue weighted by Gasteiger charge is 2.26. The van der Waals surface area contributed by atoms with Crippen LogP contribution >= 0.6 is 0 Å². The number of aromatic nitrogens is 1. The van der Waals surface area contributed by atoms with E-state index in [2.05, 4.69) is 15.6 Å². The van der Waals surface area contributed by atoms with Gasteiger partial charge in [-0.2, -0.15) is 0 Å². The molecular formula is C14H23N3O3. The van der Waals surface area contributed by atoms with Crippen LogP contribution in [-0.4, -0.2) is 43.3 Å². The number of nitrogens with zero attached hydrogens (tertiary/aromatic N) is 1. The van der Waals surface area contributed by atoms with Crippen molar-refractivity contribution in [3.8, 4) is 5.88 Å². The van der Waals surface area contributed by atoms with Crippen molar-refractivity contribution in [1.82, 2.24) is 10.3 Å². The topological polar surface area (TPSA) is 72.5 Å². The van der Waals surface area contributed by atoms with Crippen molar-refractivity contribution in [2.24, 2.45) is 0 Å². The lowest BCUT2D eigenvalue weighted by Gasteiger charge is -2.24. The molecule has 1 aromatic heterocycles. The zero-order valence-electron chi connectivity index (χ0n) is 12.5. The van der Waals surface area contributed by atoms with Crippen molar-refractivity contribution in [1.29, 1.82) is 0 Å². The van der Waals surface area contributed by atoms with Gasteiger partial charge in [-0.25, -0.2) is 4.98 Å². The Morgan fingerprint density at radius 1 is 1.35 bits per heavy atom. The Bertz CT molecular complexity index is 418. The first-order chi connectivity index (χ1) is 9.49. The van der Waals surface area contributed by atoms with Gasteiger partial charge in [0.2, 0.25) is 11.8 Å². The molecule has 0 atom stereocenters. The maximum atomic E-state index is 12.1. The summed E-state index contributed by atoms with van der Waals surface area (Å²) in [7, 11) is 1.61. The van der Waals surface area contributed by atoms with Crippen molar-refractivity contribution in [2.75, 3.05) is 32.2 Å². The van der Waals surface area contributed by atoms with Gasteiger partial charge in [0.25, 0.3) is 0 Å². The Hall–Kier alpha value is -1.66. The van der Waals surface area contributed by atoms with E-state index in [0.29, 0.717) is 24.8 Å². The van der Waals surface area contributed by atoms with Crippen molar-refractivity contribution in [3.63, 3.8) is 0 Å². The molecule has 0 radical (unpaired) electrons. The predicted octanol–water partition coefficient (Wildman–Crippen LogP) is 1.43. The molecule has 1 rings (SSSR count). The zero-order chi connectivity index (χ0) is 15.0. The number of hydrogen-bond acceptors (Lipinski definition) is 5. The van der Waals surface area contributed by atoms with Crippen LogP contribution in [0.4, 0.5) is 5.69 Å². The molecule has 1 heterocycles. The molecule has 0 aliphatic heterocycles. The summed E-state index contributed by atoms with van der Waals surface area (Å²) in [5.74, 6) is 0.403. The number of methoxy groups -OCH3 is 1. The minimum Gasteiger partial charge on any atom is -0.475 e. The third kappa shape index (κ3) is 5.14. The van der Waals surface area contributed by atoms with Gasteiger partial charge in [-0.1, -0.05) is 6.92 Å². The summed E-state index contributed by atoms with van der Waals surface area (Å²) < 4.78 is 10.2. The van der Waals surface area contributed by atoms with Crippen LogP contribution in [-0.2, 0) is 9.53 Å². The Balaban J connectivity index is 2.54. The van der Waals surface area contributed by atoms with Crippen LogP contribution in [0.3, 0.4) is 0 Å². The van der Waals surface area contributed by atoms with Crippen molar-refractivity contribution >= 4 is 11.6 Å². The summed E-state index contributed by atoms with van der Waals surface area (Å²) in [5, 5.41) is 5.93. The lowest BCUT2D eigenvalue weighted by atomic mass is 10.0. The number of ether oxygens (including phenoxy) is 2. The van der Waals surface area contributed by atoms with E-state index in [1.54, 1.807) is 25.4 Å². The molecule has 112 valence electrons. The number of likely N-dealkylation sites (N-methyl/N-ethyl adjacent to an activating group) is 1. The monoisotopic (exact) mass is 281 g/mol. The van der Waals surface area contributed by atoms with E-state index in [0.717, 1.165) is 6.54 Å². The second kappa shape index (κ2) is 7.81. The molecule has 20 heavy (non-hydrogen) atoms. The van der Waals surface area contributed by atoms with E-state index in [-0.39, 0.29) is 5.91 Å². The first-order valence-electron chi connectivity index (χ1n) is 6.64. The molecule has 0 aromatic carbocycles. The van der Waals surface area contributed by atoms with Crippen LogP contribution in [0.15, 0.2) is 18.3 Å². The van der Waals surface area contributed by atoms with Gasteiger partial charge in [-0.15, -0.1) is 0 Å². The quantitative estimate of drug-likeness (QED) is 0.705. The molecule has 2 N–H and O–H groups in total. The van der Waals surface area contributed by atoms with Gasteiger partial charge in [0.1, 0.15) is 6.61 Å². The molecule has 0 bridgehead atoms. The van der Waals surface area contributed by atoms with Crippen LogP contribution in [0.1, 0.15) is 20.8 Å². The van der Waals surface area contributed by atoms with Crippen molar-refractivity contribution < 1.29 is 14.3 Å². The third-order valence-electron chi connectivity index (χ3n) is 2.72.